The third kappa shape index (κ3) is 5.98. The molecular weight excluding hydrogens is 297 g/mol. The van der Waals surface area contributed by atoms with Crippen molar-refractivity contribution in [1.82, 2.24) is 10.2 Å². The molecule has 1 aliphatic heterocycles. The summed E-state index contributed by atoms with van der Waals surface area (Å²) in [6.07, 6.45) is -7.08. The molecule has 21 heavy (non-hydrogen) atoms. The minimum absolute atomic E-state index is 0.0785. The lowest BCUT2D eigenvalue weighted by molar-refractivity contribution is -0.167. The molecule has 7 nitrogen and oxygen atoms in total. The molecule has 1 fully saturated rings. The van der Waals surface area contributed by atoms with Crippen LogP contribution < -0.4 is 5.32 Å². The first-order valence-electron chi connectivity index (χ1n) is 6.08. The van der Waals surface area contributed by atoms with Crippen molar-refractivity contribution < 1.29 is 37.4 Å². The minimum Gasteiger partial charge on any atom is -0.479 e. The summed E-state index contributed by atoms with van der Waals surface area (Å²) in [4.78, 5) is 34.9. The summed E-state index contributed by atoms with van der Waals surface area (Å²) in [5, 5.41) is 10.4. The van der Waals surface area contributed by atoms with Crippen molar-refractivity contribution in [2.24, 2.45) is 0 Å². The SMILES string of the molecule is C[C@@H]1CN(C(=O)CC(=O)NCC(F)(F)F)CC(C(=O)O)O1. The number of carboxylic acid groups (broad SMARTS) is 1. The van der Waals surface area contributed by atoms with Crippen molar-refractivity contribution in [3.05, 3.63) is 0 Å². The van der Waals surface area contributed by atoms with Crippen molar-refractivity contribution in [2.75, 3.05) is 19.6 Å². The molecule has 0 bridgehead atoms. The molecule has 1 aliphatic rings. The normalized spacial score (nSPS) is 22.8. The zero-order valence-electron chi connectivity index (χ0n) is 11.1. The quantitative estimate of drug-likeness (QED) is 0.698. The van der Waals surface area contributed by atoms with E-state index in [9.17, 15) is 27.6 Å². The summed E-state index contributed by atoms with van der Waals surface area (Å²) < 4.78 is 40.8. The molecule has 10 heteroatoms. The molecule has 0 aromatic carbocycles. The fraction of sp³-hybridized carbons (Fsp3) is 0.727. The summed E-state index contributed by atoms with van der Waals surface area (Å²) in [6.45, 7) is -0.129. The zero-order chi connectivity index (χ0) is 16.2. The molecule has 2 atom stereocenters. The zero-order valence-corrected chi connectivity index (χ0v) is 11.1. The number of alkyl halides is 3. The molecule has 1 unspecified atom stereocenters. The largest absolute Gasteiger partial charge is 0.479 e. The van der Waals surface area contributed by atoms with Crippen LogP contribution in [0.1, 0.15) is 13.3 Å². The second kappa shape index (κ2) is 6.74. The van der Waals surface area contributed by atoms with Crippen LogP contribution in [-0.4, -0.2) is 65.8 Å². The molecule has 2 amide bonds. The molecule has 0 aromatic heterocycles. The number of ether oxygens (including phenoxy) is 1. The van der Waals surface area contributed by atoms with Crippen molar-refractivity contribution >= 4 is 17.8 Å². The van der Waals surface area contributed by atoms with Gasteiger partial charge < -0.3 is 20.1 Å². The van der Waals surface area contributed by atoms with Gasteiger partial charge in [0.2, 0.25) is 11.8 Å². The lowest BCUT2D eigenvalue weighted by Crippen LogP contribution is -2.52. The van der Waals surface area contributed by atoms with E-state index in [1.807, 2.05) is 0 Å². The fourth-order valence-corrected chi connectivity index (χ4v) is 1.80. The Morgan fingerprint density at radius 1 is 1.33 bits per heavy atom. The number of hydrogen-bond acceptors (Lipinski definition) is 4. The number of amides is 2. The van der Waals surface area contributed by atoms with Gasteiger partial charge in [-0.05, 0) is 6.92 Å². The number of carboxylic acids is 1. The number of nitrogens with one attached hydrogen (secondary N) is 1. The molecule has 1 rings (SSSR count). The van der Waals surface area contributed by atoms with Gasteiger partial charge in [-0.2, -0.15) is 13.2 Å². The molecule has 120 valence electrons. The molecule has 0 spiro atoms. The highest BCUT2D eigenvalue weighted by molar-refractivity contribution is 5.97. The van der Waals surface area contributed by atoms with E-state index < -0.39 is 49.1 Å². The van der Waals surface area contributed by atoms with E-state index in [1.54, 1.807) is 12.2 Å². The summed E-state index contributed by atoms with van der Waals surface area (Å²) in [6, 6.07) is 0. The van der Waals surface area contributed by atoms with Gasteiger partial charge in [-0.25, -0.2) is 4.79 Å². The number of carbonyl (C=O) groups excluding carboxylic acids is 2. The maximum Gasteiger partial charge on any atom is 0.405 e. The molecular formula is C11H15F3N2O5. The van der Waals surface area contributed by atoms with Crippen LogP contribution in [0, 0.1) is 0 Å². The maximum atomic E-state index is 11.9. The smallest absolute Gasteiger partial charge is 0.405 e. The lowest BCUT2D eigenvalue weighted by Gasteiger charge is -2.34. The Bertz CT molecular complexity index is 427. The van der Waals surface area contributed by atoms with Gasteiger partial charge >= 0.3 is 12.1 Å². The van der Waals surface area contributed by atoms with E-state index >= 15 is 0 Å². The Morgan fingerprint density at radius 3 is 2.48 bits per heavy atom. The van der Waals surface area contributed by atoms with Crippen molar-refractivity contribution in [3.8, 4) is 0 Å². The third-order valence-electron chi connectivity index (χ3n) is 2.69. The van der Waals surface area contributed by atoms with Gasteiger partial charge in [0, 0.05) is 6.54 Å². The van der Waals surface area contributed by atoms with Crippen LogP contribution in [0.2, 0.25) is 0 Å². The van der Waals surface area contributed by atoms with Crippen LogP contribution >= 0.6 is 0 Å². The maximum absolute atomic E-state index is 11.9. The molecule has 1 heterocycles. The van der Waals surface area contributed by atoms with Crippen molar-refractivity contribution in [1.29, 1.82) is 0 Å². The van der Waals surface area contributed by atoms with Gasteiger partial charge in [0.25, 0.3) is 0 Å². The lowest BCUT2D eigenvalue weighted by atomic mass is 10.2. The minimum atomic E-state index is -4.55. The number of halogens is 3. The monoisotopic (exact) mass is 312 g/mol. The van der Waals surface area contributed by atoms with E-state index in [0.717, 1.165) is 4.90 Å². The number of carbonyl (C=O) groups is 3. The molecule has 0 aromatic rings. The highest BCUT2D eigenvalue weighted by Crippen LogP contribution is 2.14. The topological polar surface area (TPSA) is 95.9 Å². The van der Waals surface area contributed by atoms with Crippen LogP contribution in [0.15, 0.2) is 0 Å². The summed E-state index contributed by atoms with van der Waals surface area (Å²) in [5.41, 5.74) is 0. The van der Waals surface area contributed by atoms with E-state index in [1.165, 1.54) is 0 Å². The van der Waals surface area contributed by atoms with E-state index in [-0.39, 0.29) is 13.1 Å². The average molecular weight is 312 g/mol. The average Bonchev–Trinajstić information content (AvgIpc) is 2.34. The third-order valence-corrected chi connectivity index (χ3v) is 2.69. The number of hydrogen-bond donors (Lipinski definition) is 2. The van der Waals surface area contributed by atoms with Crippen LogP contribution in [0.3, 0.4) is 0 Å². The number of aliphatic carboxylic acids is 1. The fourth-order valence-electron chi connectivity index (χ4n) is 1.80. The summed E-state index contributed by atoms with van der Waals surface area (Å²) in [7, 11) is 0. The molecule has 1 saturated heterocycles. The van der Waals surface area contributed by atoms with Gasteiger partial charge in [-0.15, -0.1) is 0 Å². The Kier molecular flexibility index (Phi) is 5.53. The first kappa shape index (κ1) is 17.2. The van der Waals surface area contributed by atoms with E-state index in [4.69, 9.17) is 9.84 Å². The van der Waals surface area contributed by atoms with Crippen LogP contribution in [0.4, 0.5) is 13.2 Å². The van der Waals surface area contributed by atoms with Crippen LogP contribution in [-0.2, 0) is 19.1 Å². The summed E-state index contributed by atoms with van der Waals surface area (Å²) >= 11 is 0. The Hall–Kier alpha value is -1.84. The van der Waals surface area contributed by atoms with Gasteiger partial charge in [0.05, 0.1) is 12.6 Å². The predicted molar refractivity (Wildman–Crippen MR) is 62.2 cm³/mol. The molecule has 0 aliphatic carbocycles. The van der Waals surface area contributed by atoms with Crippen LogP contribution in [0.5, 0.6) is 0 Å². The number of rotatable bonds is 4. The molecule has 2 N–H and O–H groups in total. The highest BCUT2D eigenvalue weighted by atomic mass is 19.4. The van der Waals surface area contributed by atoms with Gasteiger partial charge in [-0.1, -0.05) is 0 Å². The van der Waals surface area contributed by atoms with Gasteiger partial charge in [0.1, 0.15) is 13.0 Å². The second-order valence-electron chi connectivity index (χ2n) is 4.64. The first-order valence-corrected chi connectivity index (χ1v) is 6.08. The number of morpholine rings is 1. The highest BCUT2D eigenvalue weighted by Gasteiger charge is 2.33. The number of nitrogens with zero attached hydrogens (tertiary/aromatic N) is 1. The Balaban J connectivity index is 2.50. The van der Waals surface area contributed by atoms with Gasteiger partial charge in [-0.3, -0.25) is 9.59 Å². The van der Waals surface area contributed by atoms with E-state index in [0.29, 0.717) is 0 Å². The standard InChI is InChI=1S/C11H15F3N2O5/c1-6-3-16(4-7(21-6)10(19)20)9(18)2-8(17)15-5-11(12,13)14/h6-7H,2-5H2,1H3,(H,15,17)(H,19,20)/t6-,7?/m1/s1. The van der Waals surface area contributed by atoms with Gasteiger partial charge in [0.15, 0.2) is 6.10 Å². The van der Waals surface area contributed by atoms with Crippen molar-refractivity contribution in [2.45, 2.75) is 31.7 Å². The first-order chi connectivity index (χ1) is 9.58. The summed E-state index contributed by atoms with van der Waals surface area (Å²) in [5.74, 6) is -3.06. The van der Waals surface area contributed by atoms with Crippen LogP contribution in [0.25, 0.3) is 0 Å². The Labute approximate surface area is 118 Å². The second-order valence-corrected chi connectivity index (χ2v) is 4.64. The molecule has 0 radical (unpaired) electrons. The van der Waals surface area contributed by atoms with E-state index in [2.05, 4.69) is 0 Å². The predicted octanol–water partition coefficient (Wildman–Crippen LogP) is -0.245. The molecule has 0 saturated carbocycles. The Morgan fingerprint density at radius 2 is 1.95 bits per heavy atom. The van der Waals surface area contributed by atoms with Crippen molar-refractivity contribution in [3.63, 3.8) is 0 Å².